The zero-order chi connectivity index (χ0) is 19.7. The van der Waals surface area contributed by atoms with Gasteiger partial charge in [-0.25, -0.2) is 4.98 Å². The molecular weight excluding hydrogens is 364 g/mol. The lowest BCUT2D eigenvalue weighted by molar-refractivity contribution is 0.307. The lowest BCUT2D eigenvalue weighted by Gasteiger charge is -2.33. The molecule has 1 aromatic heterocycles. The van der Waals surface area contributed by atoms with E-state index in [0.29, 0.717) is 5.92 Å². The Morgan fingerprint density at radius 3 is 2.71 bits per heavy atom. The number of likely N-dealkylation sites (tertiary alicyclic amines) is 1. The molecule has 0 amide bonds. The maximum atomic E-state index is 5.70. The van der Waals surface area contributed by atoms with E-state index in [0.717, 1.165) is 60.0 Å². The Hall–Kier alpha value is -2.40. The van der Waals surface area contributed by atoms with Gasteiger partial charge in [0.15, 0.2) is 5.11 Å². The van der Waals surface area contributed by atoms with Gasteiger partial charge < -0.3 is 15.2 Å². The Balaban J connectivity index is 1.47. The van der Waals surface area contributed by atoms with Crippen LogP contribution in [0, 0.1) is 13.8 Å². The van der Waals surface area contributed by atoms with Gasteiger partial charge in [0.1, 0.15) is 5.82 Å². The van der Waals surface area contributed by atoms with Gasteiger partial charge in [-0.2, -0.15) is 0 Å². The van der Waals surface area contributed by atoms with Crippen LogP contribution in [-0.4, -0.2) is 33.1 Å². The molecule has 0 saturated carbocycles. The first-order valence-corrected chi connectivity index (χ1v) is 10.6. The number of hydrogen-bond donors (Lipinski definition) is 2. The predicted molar refractivity (Wildman–Crippen MR) is 121 cm³/mol. The van der Waals surface area contributed by atoms with Crippen molar-refractivity contribution in [3.05, 3.63) is 58.9 Å². The SMILES string of the molecule is CCc1ccc(NC(=S)N2CCCC(c3nc4cc(C)c(C)cc4[nH]3)C2)cc1. The minimum absolute atomic E-state index is 0.379. The van der Waals surface area contributed by atoms with Gasteiger partial charge in [0.05, 0.1) is 11.0 Å². The molecule has 2 aromatic carbocycles. The van der Waals surface area contributed by atoms with Gasteiger partial charge in [0.2, 0.25) is 0 Å². The van der Waals surface area contributed by atoms with Crippen molar-refractivity contribution in [1.29, 1.82) is 0 Å². The maximum absolute atomic E-state index is 5.70. The van der Waals surface area contributed by atoms with Crippen molar-refractivity contribution in [3.8, 4) is 0 Å². The fourth-order valence-electron chi connectivity index (χ4n) is 3.89. The fraction of sp³-hybridized carbons (Fsp3) is 0.391. The van der Waals surface area contributed by atoms with E-state index in [2.05, 4.69) is 72.4 Å². The Morgan fingerprint density at radius 2 is 1.96 bits per heavy atom. The van der Waals surface area contributed by atoms with Crippen LogP contribution in [0.3, 0.4) is 0 Å². The number of aryl methyl sites for hydroxylation is 3. The van der Waals surface area contributed by atoms with Crippen molar-refractivity contribution < 1.29 is 0 Å². The molecule has 146 valence electrons. The van der Waals surface area contributed by atoms with Gasteiger partial charge in [-0.3, -0.25) is 0 Å². The van der Waals surface area contributed by atoms with Crippen LogP contribution in [0.5, 0.6) is 0 Å². The van der Waals surface area contributed by atoms with Crippen molar-refractivity contribution >= 4 is 34.1 Å². The molecule has 0 spiro atoms. The topological polar surface area (TPSA) is 44.0 Å². The average Bonchev–Trinajstić information content (AvgIpc) is 3.11. The molecule has 3 aromatic rings. The molecule has 1 aliphatic heterocycles. The summed E-state index contributed by atoms with van der Waals surface area (Å²) in [5.74, 6) is 1.46. The molecule has 4 nitrogen and oxygen atoms in total. The summed E-state index contributed by atoms with van der Waals surface area (Å²) in [5.41, 5.74) is 7.17. The molecule has 1 saturated heterocycles. The summed E-state index contributed by atoms with van der Waals surface area (Å²) in [5, 5.41) is 4.21. The number of benzene rings is 2. The van der Waals surface area contributed by atoms with Crippen LogP contribution in [0.4, 0.5) is 5.69 Å². The van der Waals surface area contributed by atoms with Crippen LogP contribution in [-0.2, 0) is 6.42 Å². The van der Waals surface area contributed by atoms with Gasteiger partial charge >= 0.3 is 0 Å². The summed E-state index contributed by atoms with van der Waals surface area (Å²) in [6, 6.07) is 12.9. The number of fused-ring (bicyclic) bond motifs is 1. The molecule has 5 heteroatoms. The van der Waals surface area contributed by atoms with Crippen LogP contribution in [0.2, 0.25) is 0 Å². The van der Waals surface area contributed by atoms with E-state index in [1.807, 2.05) is 0 Å². The van der Waals surface area contributed by atoms with Crippen LogP contribution >= 0.6 is 12.2 Å². The largest absolute Gasteiger partial charge is 0.348 e. The summed E-state index contributed by atoms with van der Waals surface area (Å²) in [4.78, 5) is 10.7. The number of nitrogens with zero attached hydrogens (tertiary/aromatic N) is 2. The number of aromatic amines is 1. The first-order valence-electron chi connectivity index (χ1n) is 10.1. The minimum Gasteiger partial charge on any atom is -0.348 e. The molecule has 0 aliphatic carbocycles. The number of rotatable bonds is 3. The van der Waals surface area contributed by atoms with Crippen LogP contribution < -0.4 is 5.32 Å². The average molecular weight is 393 g/mol. The summed E-state index contributed by atoms with van der Waals surface area (Å²) in [6.45, 7) is 8.35. The second-order valence-electron chi connectivity index (χ2n) is 7.84. The molecular formula is C23H28N4S. The number of thiocarbonyl (C=S) groups is 1. The van der Waals surface area contributed by atoms with Crippen molar-refractivity contribution in [2.45, 2.75) is 46.0 Å². The van der Waals surface area contributed by atoms with Crippen LogP contribution in [0.15, 0.2) is 36.4 Å². The van der Waals surface area contributed by atoms with E-state index in [1.54, 1.807) is 0 Å². The third kappa shape index (κ3) is 3.90. The lowest BCUT2D eigenvalue weighted by atomic mass is 9.98. The Kier molecular flexibility index (Phi) is 5.36. The quantitative estimate of drug-likeness (QED) is 0.592. The highest BCUT2D eigenvalue weighted by Crippen LogP contribution is 2.28. The third-order valence-corrected chi connectivity index (χ3v) is 6.18. The van der Waals surface area contributed by atoms with Crippen molar-refractivity contribution in [1.82, 2.24) is 14.9 Å². The van der Waals surface area contributed by atoms with Crippen molar-refractivity contribution in [2.24, 2.45) is 0 Å². The summed E-state index contributed by atoms with van der Waals surface area (Å²) >= 11 is 5.70. The highest BCUT2D eigenvalue weighted by atomic mass is 32.1. The number of piperidine rings is 1. The number of hydrogen-bond acceptors (Lipinski definition) is 2. The molecule has 1 fully saturated rings. The molecule has 2 heterocycles. The highest BCUT2D eigenvalue weighted by Gasteiger charge is 2.25. The molecule has 1 atom stereocenters. The van der Waals surface area contributed by atoms with Gasteiger partial charge in [0, 0.05) is 24.7 Å². The standard InChI is InChI=1S/C23H28N4S/c1-4-17-7-9-19(10-8-17)24-23(28)27-11-5-6-18(14-27)22-25-20-12-15(2)16(3)13-21(20)26-22/h7-10,12-13,18H,4-6,11,14H2,1-3H3,(H,24,28)(H,25,26). The zero-order valence-corrected chi connectivity index (χ0v) is 17.7. The summed E-state index contributed by atoms with van der Waals surface area (Å²) in [7, 11) is 0. The van der Waals surface area contributed by atoms with Crippen molar-refractivity contribution in [3.63, 3.8) is 0 Å². The van der Waals surface area contributed by atoms with Crippen LogP contribution in [0.1, 0.15) is 48.2 Å². The summed E-state index contributed by atoms with van der Waals surface area (Å²) < 4.78 is 0. The highest BCUT2D eigenvalue weighted by molar-refractivity contribution is 7.80. The van der Waals surface area contributed by atoms with Gasteiger partial charge in [0.25, 0.3) is 0 Å². The molecule has 0 radical (unpaired) electrons. The molecule has 28 heavy (non-hydrogen) atoms. The van der Waals surface area contributed by atoms with Crippen molar-refractivity contribution in [2.75, 3.05) is 18.4 Å². The Morgan fingerprint density at radius 1 is 1.21 bits per heavy atom. The monoisotopic (exact) mass is 392 g/mol. The minimum atomic E-state index is 0.379. The lowest BCUT2D eigenvalue weighted by Crippen LogP contribution is -2.41. The second kappa shape index (κ2) is 7.92. The molecule has 4 rings (SSSR count). The number of nitrogens with one attached hydrogen (secondary N) is 2. The number of anilines is 1. The van der Waals surface area contributed by atoms with E-state index in [1.165, 1.54) is 16.7 Å². The number of imidazole rings is 1. The molecule has 1 aliphatic rings. The predicted octanol–water partition coefficient (Wildman–Crippen LogP) is 5.32. The molecule has 0 bridgehead atoms. The van der Waals surface area contributed by atoms with E-state index < -0.39 is 0 Å². The first-order chi connectivity index (χ1) is 13.5. The molecule has 1 unspecified atom stereocenters. The Labute approximate surface area is 172 Å². The first kappa shape index (κ1) is 18.9. The van der Waals surface area contributed by atoms with E-state index in [9.17, 15) is 0 Å². The third-order valence-electron chi connectivity index (χ3n) is 5.82. The second-order valence-corrected chi connectivity index (χ2v) is 8.23. The van der Waals surface area contributed by atoms with E-state index in [-0.39, 0.29) is 0 Å². The normalized spacial score (nSPS) is 17.1. The zero-order valence-electron chi connectivity index (χ0n) is 16.9. The Bertz CT molecular complexity index is 951. The van der Waals surface area contributed by atoms with Crippen LogP contribution in [0.25, 0.3) is 11.0 Å². The van der Waals surface area contributed by atoms with Gasteiger partial charge in [-0.1, -0.05) is 19.1 Å². The van der Waals surface area contributed by atoms with Gasteiger partial charge in [-0.15, -0.1) is 0 Å². The number of aromatic nitrogens is 2. The molecule has 2 N–H and O–H groups in total. The number of H-pyrrole nitrogens is 1. The van der Waals surface area contributed by atoms with Gasteiger partial charge in [-0.05, 0) is 86.3 Å². The van der Waals surface area contributed by atoms with E-state index in [4.69, 9.17) is 17.2 Å². The maximum Gasteiger partial charge on any atom is 0.173 e. The fourth-order valence-corrected chi connectivity index (χ4v) is 4.18. The van der Waals surface area contributed by atoms with E-state index >= 15 is 0 Å². The smallest absolute Gasteiger partial charge is 0.173 e. The summed E-state index contributed by atoms with van der Waals surface area (Å²) in [6.07, 6.45) is 3.31.